The topological polar surface area (TPSA) is 43.6 Å². The zero-order chi connectivity index (χ0) is 26.8. The SMILES string of the molecule is Cc1ccc2sc3ccc4c(c5cc(C)ccc5n4-c4nc(-c5ccccc5)nc(-c5ccccc5)n4)c3c2c1. The Kier molecular flexibility index (Phi) is 5.09. The van der Waals surface area contributed by atoms with Crippen molar-refractivity contribution in [2.75, 3.05) is 0 Å². The third-order valence-corrected chi connectivity index (χ3v) is 8.70. The standard InChI is InChI=1S/C35H24N4S/c1-21-13-15-27-25(19-21)31-28(16-18-30-32(31)26-20-22(2)14-17-29(26)40-30)39(27)35-37-33(23-9-5-3-6-10-23)36-34(38-35)24-11-7-4-8-12-24/h3-20H,1-2H3. The maximum Gasteiger partial charge on any atom is 0.238 e. The lowest BCUT2D eigenvalue weighted by molar-refractivity contribution is 0.953. The van der Waals surface area contributed by atoms with Gasteiger partial charge in [-0.25, -0.2) is 4.98 Å². The van der Waals surface area contributed by atoms with Gasteiger partial charge in [-0.3, -0.25) is 4.57 Å². The number of fused-ring (bicyclic) bond motifs is 7. The minimum atomic E-state index is 0.617. The van der Waals surface area contributed by atoms with E-state index in [1.165, 1.54) is 42.1 Å². The molecule has 8 rings (SSSR count). The van der Waals surface area contributed by atoms with Crippen LogP contribution in [-0.4, -0.2) is 19.5 Å². The number of benzene rings is 5. The van der Waals surface area contributed by atoms with Gasteiger partial charge >= 0.3 is 0 Å². The number of aryl methyl sites for hydroxylation is 2. The molecule has 5 aromatic carbocycles. The van der Waals surface area contributed by atoms with E-state index in [9.17, 15) is 0 Å². The van der Waals surface area contributed by atoms with Gasteiger partial charge in [0.1, 0.15) is 0 Å². The first-order valence-corrected chi connectivity index (χ1v) is 14.2. The van der Waals surface area contributed by atoms with Crippen molar-refractivity contribution < 1.29 is 0 Å². The van der Waals surface area contributed by atoms with E-state index in [4.69, 9.17) is 15.0 Å². The molecular weight excluding hydrogens is 508 g/mol. The zero-order valence-electron chi connectivity index (χ0n) is 22.1. The Bertz CT molecular complexity index is 2170. The third-order valence-electron chi connectivity index (χ3n) is 7.56. The Balaban J connectivity index is 1.52. The average Bonchev–Trinajstić information content (AvgIpc) is 3.52. The lowest BCUT2D eigenvalue weighted by Gasteiger charge is -2.11. The maximum atomic E-state index is 5.08. The number of hydrogen-bond donors (Lipinski definition) is 0. The lowest BCUT2D eigenvalue weighted by Crippen LogP contribution is -2.06. The van der Waals surface area contributed by atoms with Crippen molar-refractivity contribution in [3.8, 4) is 28.7 Å². The largest absolute Gasteiger partial charge is 0.278 e. The fourth-order valence-electron chi connectivity index (χ4n) is 5.72. The Morgan fingerprint density at radius 3 is 1.77 bits per heavy atom. The van der Waals surface area contributed by atoms with Gasteiger partial charge in [0.05, 0.1) is 11.0 Å². The minimum absolute atomic E-state index is 0.617. The summed E-state index contributed by atoms with van der Waals surface area (Å²) in [5.41, 5.74) is 6.59. The molecule has 0 aliphatic carbocycles. The van der Waals surface area contributed by atoms with Crippen molar-refractivity contribution >= 4 is 53.3 Å². The van der Waals surface area contributed by atoms with Crippen LogP contribution in [-0.2, 0) is 0 Å². The van der Waals surface area contributed by atoms with Crippen LogP contribution in [0.3, 0.4) is 0 Å². The minimum Gasteiger partial charge on any atom is -0.278 e. The molecule has 0 atom stereocenters. The summed E-state index contributed by atoms with van der Waals surface area (Å²) in [5.74, 6) is 1.93. The molecule has 0 aliphatic heterocycles. The first-order valence-electron chi connectivity index (χ1n) is 13.4. The van der Waals surface area contributed by atoms with Gasteiger partial charge in [-0.2, -0.15) is 9.97 Å². The molecule has 8 aromatic rings. The summed E-state index contributed by atoms with van der Waals surface area (Å²) < 4.78 is 4.81. The Morgan fingerprint density at radius 2 is 1.10 bits per heavy atom. The molecule has 0 spiro atoms. The molecule has 40 heavy (non-hydrogen) atoms. The molecule has 0 unspecified atom stereocenters. The van der Waals surface area contributed by atoms with E-state index in [2.05, 4.69) is 66.9 Å². The molecule has 0 saturated heterocycles. The van der Waals surface area contributed by atoms with E-state index < -0.39 is 0 Å². The average molecular weight is 533 g/mol. The van der Waals surface area contributed by atoms with Gasteiger partial charge < -0.3 is 0 Å². The zero-order valence-corrected chi connectivity index (χ0v) is 22.9. The fourth-order valence-corrected chi connectivity index (χ4v) is 6.81. The summed E-state index contributed by atoms with van der Waals surface area (Å²) in [5, 5.41) is 5.06. The highest BCUT2D eigenvalue weighted by molar-refractivity contribution is 7.26. The van der Waals surface area contributed by atoms with Gasteiger partial charge in [-0.1, -0.05) is 83.9 Å². The van der Waals surface area contributed by atoms with Crippen LogP contribution < -0.4 is 0 Å². The van der Waals surface area contributed by atoms with Gasteiger partial charge in [0.2, 0.25) is 5.95 Å². The molecule has 0 radical (unpaired) electrons. The molecule has 0 saturated carbocycles. The van der Waals surface area contributed by atoms with Crippen LogP contribution in [0.15, 0.2) is 109 Å². The van der Waals surface area contributed by atoms with Crippen molar-refractivity contribution in [1.29, 1.82) is 0 Å². The van der Waals surface area contributed by atoms with Crippen molar-refractivity contribution in [2.24, 2.45) is 0 Å². The van der Waals surface area contributed by atoms with E-state index in [0.717, 1.165) is 22.2 Å². The van der Waals surface area contributed by atoms with Gasteiger partial charge in [0.25, 0.3) is 0 Å². The number of rotatable bonds is 3. The second kappa shape index (κ2) is 8.83. The summed E-state index contributed by atoms with van der Waals surface area (Å²) >= 11 is 1.85. The molecule has 3 heterocycles. The molecule has 0 amide bonds. The monoisotopic (exact) mass is 532 g/mol. The molecule has 0 fully saturated rings. The summed E-state index contributed by atoms with van der Waals surface area (Å²) in [4.78, 5) is 15.1. The summed E-state index contributed by atoms with van der Waals surface area (Å²) in [7, 11) is 0. The Labute approximate surface area is 235 Å². The normalized spacial score (nSPS) is 11.8. The second-order valence-electron chi connectivity index (χ2n) is 10.3. The summed E-state index contributed by atoms with van der Waals surface area (Å²) in [6, 6.07) is 38.2. The van der Waals surface area contributed by atoms with Crippen molar-refractivity contribution in [3.05, 3.63) is 120 Å². The van der Waals surface area contributed by atoms with Gasteiger partial charge in [0, 0.05) is 42.1 Å². The third kappa shape index (κ3) is 3.55. The Morgan fingerprint density at radius 1 is 0.525 bits per heavy atom. The quantitative estimate of drug-likeness (QED) is 0.228. The van der Waals surface area contributed by atoms with Crippen molar-refractivity contribution in [1.82, 2.24) is 19.5 Å². The van der Waals surface area contributed by atoms with Crippen molar-refractivity contribution in [3.63, 3.8) is 0 Å². The van der Waals surface area contributed by atoms with Gasteiger partial charge in [-0.15, -0.1) is 11.3 Å². The van der Waals surface area contributed by atoms with Crippen LogP contribution >= 0.6 is 11.3 Å². The number of nitrogens with zero attached hydrogens (tertiary/aromatic N) is 4. The van der Waals surface area contributed by atoms with Crippen LogP contribution in [0.2, 0.25) is 0 Å². The Hall–Kier alpha value is -4.87. The lowest BCUT2D eigenvalue weighted by atomic mass is 10.0. The number of aromatic nitrogens is 4. The number of hydrogen-bond acceptors (Lipinski definition) is 4. The summed E-state index contributed by atoms with van der Waals surface area (Å²) in [6.07, 6.45) is 0. The highest BCUT2D eigenvalue weighted by atomic mass is 32.1. The number of thiophene rings is 1. The first-order chi connectivity index (χ1) is 19.6. The van der Waals surface area contributed by atoms with Gasteiger partial charge in [-0.05, 0) is 50.2 Å². The van der Waals surface area contributed by atoms with Gasteiger partial charge in [0.15, 0.2) is 11.6 Å². The highest BCUT2D eigenvalue weighted by Crippen LogP contribution is 2.43. The molecular formula is C35H24N4S. The van der Waals surface area contributed by atoms with E-state index in [1.54, 1.807) is 0 Å². The maximum absolute atomic E-state index is 5.08. The smallest absolute Gasteiger partial charge is 0.238 e. The summed E-state index contributed by atoms with van der Waals surface area (Å²) in [6.45, 7) is 4.32. The van der Waals surface area contributed by atoms with Crippen LogP contribution in [0.4, 0.5) is 0 Å². The van der Waals surface area contributed by atoms with Crippen LogP contribution in [0.1, 0.15) is 11.1 Å². The molecule has 5 heteroatoms. The predicted molar refractivity (Wildman–Crippen MR) is 167 cm³/mol. The fraction of sp³-hybridized carbons (Fsp3) is 0.0571. The van der Waals surface area contributed by atoms with Crippen LogP contribution in [0.25, 0.3) is 70.7 Å². The second-order valence-corrected chi connectivity index (χ2v) is 11.4. The predicted octanol–water partition coefficient (Wildman–Crippen LogP) is 9.29. The van der Waals surface area contributed by atoms with Crippen LogP contribution in [0, 0.1) is 13.8 Å². The van der Waals surface area contributed by atoms with Crippen molar-refractivity contribution in [2.45, 2.75) is 13.8 Å². The first kappa shape index (κ1) is 23.1. The highest BCUT2D eigenvalue weighted by Gasteiger charge is 2.21. The molecule has 3 aromatic heterocycles. The molecule has 190 valence electrons. The molecule has 0 bridgehead atoms. The van der Waals surface area contributed by atoms with E-state index in [-0.39, 0.29) is 0 Å². The van der Waals surface area contributed by atoms with Crippen LogP contribution in [0.5, 0.6) is 0 Å². The molecule has 0 aliphatic rings. The van der Waals surface area contributed by atoms with E-state index in [0.29, 0.717) is 17.6 Å². The van der Waals surface area contributed by atoms with E-state index >= 15 is 0 Å². The van der Waals surface area contributed by atoms with E-state index in [1.807, 2.05) is 72.0 Å². The molecule has 4 nitrogen and oxygen atoms in total. The molecule has 0 N–H and O–H groups in total.